The van der Waals surface area contributed by atoms with Crippen LogP contribution in [0.25, 0.3) is 0 Å². The van der Waals surface area contributed by atoms with Gasteiger partial charge in [-0.05, 0) is 25.2 Å². The predicted octanol–water partition coefficient (Wildman–Crippen LogP) is 1.83. The fraction of sp³-hybridized carbons (Fsp3) is 0.917. The van der Waals surface area contributed by atoms with Crippen molar-refractivity contribution >= 4 is 5.91 Å². The molecule has 3 atom stereocenters. The Labute approximate surface area is 93.2 Å². The van der Waals surface area contributed by atoms with Crippen molar-refractivity contribution in [2.45, 2.75) is 53.8 Å². The van der Waals surface area contributed by atoms with E-state index in [0.29, 0.717) is 5.92 Å². The molecule has 0 spiro atoms. The van der Waals surface area contributed by atoms with Gasteiger partial charge in [0.2, 0.25) is 5.91 Å². The largest absolute Gasteiger partial charge is 0.326 e. The number of nitrogens with zero attached hydrogens (tertiary/aromatic N) is 1. The Morgan fingerprint density at radius 3 is 2.27 bits per heavy atom. The van der Waals surface area contributed by atoms with Crippen LogP contribution in [0.1, 0.15) is 41.5 Å². The zero-order valence-electron chi connectivity index (χ0n) is 10.8. The van der Waals surface area contributed by atoms with Crippen molar-refractivity contribution in [3.8, 4) is 0 Å². The Morgan fingerprint density at radius 1 is 1.40 bits per heavy atom. The summed E-state index contributed by atoms with van der Waals surface area (Å²) in [5.74, 6) is 0.745. The minimum absolute atomic E-state index is 0.0211. The normalized spacial score (nSPS) is 29.7. The summed E-state index contributed by atoms with van der Waals surface area (Å²) >= 11 is 0. The summed E-state index contributed by atoms with van der Waals surface area (Å²) in [5.41, 5.74) is 0.256. The molecule has 0 aromatic heterocycles. The lowest BCUT2D eigenvalue weighted by atomic mass is 9.82. The van der Waals surface area contributed by atoms with Crippen molar-refractivity contribution in [2.75, 3.05) is 6.54 Å². The minimum Gasteiger partial charge on any atom is -0.326 e. The van der Waals surface area contributed by atoms with Gasteiger partial charge in [0, 0.05) is 6.54 Å². The lowest BCUT2D eigenvalue weighted by molar-refractivity contribution is -0.130. The van der Waals surface area contributed by atoms with Gasteiger partial charge in [-0.15, -0.1) is 0 Å². The number of carbonyl (C=O) groups is 1. The van der Waals surface area contributed by atoms with Crippen LogP contribution in [0.15, 0.2) is 0 Å². The van der Waals surface area contributed by atoms with Crippen molar-refractivity contribution in [1.82, 2.24) is 10.2 Å². The third-order valence-corrected chi connectivity index (χ3v) is 3.56. The van der Waals surface area contributed by atoms with Gasteiger partial charge in [-0.2, -0.15) is 0 Å². The van der Waals surface area contributed by atoms with Crippen LogP contribution in [0, 0.1) is 11.3 Å². The third kappa shape index (κ3) is 2.71. The number of hydrogen-bond donors (Lipinski definition) is 1. The highest BCUT2D eigenvalue weighted by molar-refractivity contribution is 5.83. The first-order chi connectivity index (χ1) is 6.73. The van der Waals surface area contributed by atoms with E-state index in [4.69, 9.17) is 0 Å². The predicted molar refractivity (Wildman–Crippen MR) is 62.4 cm³/mol. The molecule has 3 heteroatoms. The van der Waals surface area contributed by atoms with E-state index in [1.807, 2.05) is 11.8 Å². The molecule has 0 bridgehead atoms. The smallest absolute Gasteiger partial charge is 0.240 e. The molecule has 1 aliphatic heterocycles. The molecule has 0 saturated carbocycles. The molecule has 1 saturated heterocycles. The van der Waals surface area contributed by atoms with Crippen LogP contribution in [-0.4, -0.2) is 29.6 Å². The molecule has 0 radical (unpaired) electrons. The topological polar surface area (TPSA) is 32.3 Å². The molecule has 88 valence electrons. The fourth-order valence-electron chi connectivity index (χ4n) is 1.78. The lowest BCUT2D eigenvalue weighted by Crippen LogP contribution is -2.40. The van der Waals surface area contributed by atoms with Gasteiger partial charge >= 0.3 is 0 Å². The lowest BCUT2D eigenvalue weighted by Gasteiger charge is -2.32. The van der Waals surface area contributed by atoms with Crippen LogP contribution in [0.5, 0.6) is 0 Å². The standard InChI is InChI=1S/C12H24N2O/c1-8(12(4,5)6)7-14-10(3)13-9(2)11(14)15/h8-10,13H,7H2,1-6H3. The molecule has 1 fully saturated rings. The fourth-order valence-corrected chi connectivity index (χ4v) is 1.78. The van der Waals surface area contributed by atoms with Crippen molar-refractivity contribution < 1.29 is 4.79 Å². The average molecular weight is 212 g/mol. The van der Waals surface area contributed by atoms with Gasteiger partial charge in [-0.1, -0.05) is 27.7 Å². The molecule has 15 heavy (non-hydrogen) atoms. The summed E-state index contributed by atoms with van der Waals surface area (Å²) in [6, 6.07) is -0.0211. The van der Waals surface area contributed by atoms with E-state index in [-0.39, 0.29) is 23.5 Å². The number of rotatable bonds is 2. The first-order valence-corrected chi connectivity index (χ1v) is 5.80. The van der Waals surface area contributed by atoms with Crippen molar-refractivity contribution in [3.63, 3.8) is 0 Å². The molecular weight excluding hydrogens is 188 g/mol. The second-order valence-electron chi connectivity index (χ2n) is 5.82. The quantitative estimate of drug-likeness (QED) is 0.757. The van der Waals surface area contributed by atoms with E-state index in [9.17, 15) is 4.79 Å². The Bertz CT molecular complexity index is 244. The molecule has 0 aromatic rings. The monoisotopic (exact) mass is 212 g/mol. The van der Waals surface area contributed by atoms with E-state index in [1.54, 1.807) is 0 Å². The maximum Gasteiger partial charge on any atom is 0.240 e. The van der Waals surface area contributed by atoms with Gasteiger partial charge in [0.05, 0.1) is 12.2 Å². The summed E-state index contributed by atoms with van der Waals surface area (Å²) in [7, 11) is 0. The maximum atomic E-state index is 11.8. The Balaban J connectivity index is 2.62. The molecule has 3 nitrogen and oxygen atoms in total. The van der Waals surface area contributed by atoms with Crippen molar-refractivity contribution in [2.24, 2.45) is 11.3 Å². The van der Waals surface area contributed by atoms with Crippen molar-refractivity contribution in [1.29, 1.82) is 0 Å². The highest BCUT2D eigenvalue weighted by atomic mass is 16.2. The van der Waals surface area contributed by atoms with Gasteiger partial charge in [0.25, 0.3) is 0 Å². The number of hydrogen-bond acceptors (Lipinski definition) is 2. The van der Waals surface area contributed by atoms with E-state index in [0.717, 1.165) is 6.54 Å². The van der Waals surface area contributed by atoms with Crippen LogP contribution in [0.3, 0.4) is 0 Å². The molecule has 1 rings (SSSR count). The van der Waals surface area contributed by atoms with Gasteiger partial charge in [-0.3, -0.25) is 10.1 Å². The van der Waals surface area contributed by atoms with Gasteiger partial charge < -0.3 is 4.90 Å². The minimum atomic E-state index is -0.0211. The first-order valence-electron chi connectivity index (χ1n) is 5.80. The van der Waals surface area contributed by atoms with Crippen LogP contribution >= 0.6 is 0 Å². The number of amides is 1. The van der Waals surface area contributed by atoms with Crippen LogP contribution in [0.2, 0.25) is 0 Å². The maximum absolute atomic E-state index is 11.8. The van der Waals surface area contributed by atoms with E-state index >= 15 is 0 Å². The summed E-state index contributed by atoms with van der Waals surface area (Å²) in [5, 5.41) is 3.25. The molecule has 0 aliphatic carbocycles. The van der Waals surface area contributed by atoms with Crippen LogP contribution in [0.4, 0.5) is 0 Å². The summed E-state index contributed by atoms with van der Waals surface area (Å²) in [6.45, 7) is 13.7. The Kier molecular flexibility index (Phi) is 3.44. The molecule has 1 heterocycles. The van der Waals surface area contributed by atoms with Crippen LogP contribution < -0.4 is 5.32 Å². The number of carbonyl (C=O) groups excluding carboxylic acids is 1. The third-order valence-electron chi connectivity index (χ3n) is 3.56. The van der Waals surface area contributed by atoms with Gasteiger partial charge in [0.15, 0.2) is 0 Å². The summed E-state index contributed by atoms with van der Waals surface area (Å²) in [4.78, 5) is 13.8. The van der Waals surface area contributed by atoms with E-state index in [1.165, 1.54) is 0 Å². The molecule has 3 unspecified atom stereocenters. The molecular formula is C12H24N2O. The zero-order valence-corrected chi connectivity index (χ0v) is 10.8. The number of nitrogens with one attached hydrogen (secondary N) is 1. The highest BCUT2D eigenvalue weighted by Crippen LogP contribution is 2.27. The van der Waals surface area contributed by atoms with Crippen molar-refractivity contribution in [3.05, 3.63) is 0 Å². The summed E-state index contributed by atoms with van der Waals surface area (Å²) in [6.07, 6.45) is 0.178. The second-order valence-corrected chi connectivity index (χ2v) is 5.82. The first kappa shape index (κ1) is 12.5. The van der Waals surface area contributed by atoms with E-state index in [2.05, 4.69) is 39.9 Å². The second kappa shape index (κ2) is 4.12. The Hall–Kier alpha value is -0.570. The average Bonchev–Trinajstić information content (AvgIpc) is 2.30. The molecule has 1 amide bonds. The van der Waals surface area contributed by atoms with Crippen LogP contribution in [-0.2, 0) is 4.79 Å². The molecule has 1 N–H and O–H groups in total. The molecule has 1 aliphatic rings. The van der Waals surface area contributed by atoms with Gasteiger partial charge in [0.1, 0.15) is 0 Å². The molecule has 0 aromatic carbocycles. The van der Waals surface area contributed by atoms with E-state index < -0.39 is 0 Å². The SMILES string of the molecule is CC1NC(C)N(CC(C)C(C)(C)C)C1=O. The Morgan fingerprint density at radius 2 is 1.93 bits per heavy atom. The summed E-state index contributed by atoms with van der Waals surface area (Å²) < 4.78 is 0. The highest BCUT2D eigenvalue weighted by Gasteiger charge is 2.35. The zero-order chi connectivity index (χ0) is 11.8. The van der Waals surface area contributed by atoms with Gasteiger partial charge in [-0.25, -0.2) is 0 Å².